The molecule has 0 aromatic heterocycles. The Morgan fingerprint density at radius 1 is 0.471 bits per heavy atom. The molecule has 0 saturated heterocycles. The molecule has 0 heteroatoms. The Balaban J connectivity index is 2.08. The standard InChI is InChI=1S/C34H61/c1-3-5-7-9-11-13-15-16-18-20-22-25-29-33(32-34-30-26-23-27-31-34)28-24-21-19-17-14-12-10-8-6-4-2/h26-27,30-31,33H,3-22,24-25,28-29,32H2,1-2H3. The molecule has 1 aromatic rings. The Bertz CT molecular complexity index is 490. The third-order valence-corrected chi connectivity index (χ3v) is 7.74. The van der Waals surface area contributed by atoms with Crippen LogP contribution in [0.3, 0.4) is 0 Å². The Morgan fingerprint density at radius 3 is 1.15 bits per heavy atom. The third kappa shape index (κ3) is 20.6. The zero-order valence-corrected chi connectivity index (χ0v) is 23.6. The van der Waals surface area contributed by atoms with Gasteiger partial charge in [0.1, 0.15) is 0 Å². The van der Waals surface area contributed by atoms with Crippen molar-refractivity contribution in [2.24, 2.45) is 5.92 Å². The first kappa shape index (κ1) is 31.3. The largest absolute Gasteiger partial charge is 0.0654 e. The summed E-state index contributed by atoms with van der Waals surface area (Å²) in [5.41, 5.74) is 1.52. The van der Waals surface area contributed by atoms with Crippen molar-refractivity contribution in [1.82, 2.24) is 0 Å². The van der Waals surface area contributed by atoms with Crippen molar-refractivity contribution in [1.29, 1.82) is 0 Å². The molecule has 0 spiro atoms. The molecule has 0 saturated carbocycles. The average Bonchev–Trinajstić information content (AvgIpc) is 2.86. The van der Waals surface area contributed by atoms with Gasteiger partial charge in [0, 0.05) is 0 Å². The van der Waals surface area contributed by atoms with E-state index in [0.29, 0.717) is 0 Å². The number of unbranched alkanes of at least 4 members (excludes halogenated alkanes) is 20. The fraction of sp³-hybridized carbons (Fsp3) is 0.824. The van der Waals surface area contributed by atoms with Crippen LogP contribution in [0, 0.1) is 12.0 Å². The summed E-state index contributed by atoms with van der Waals surface area (Å²) in [4.78, 5) is 0. The van der Waals surface area contributed by atoms with Crippen LogP contribution in [0.5, 0.6) is 0 Å². The van der Waals surface area contributed by atoms with E-state index in [2.05, 4.69) is 44.2 Å². The van der Waals surface area contributed by atoms with Crippen molar-refractivity contribution >= 4 is 0 Å². The van der Waals surface area contributed by atoms with E-state index in [0.717, 1.165) is 5.92 Å². The van der Waals surface area contributed by atoms with Crippen LogP contribution in [0.4, 0.5) is 0 Å². The Kier molecular flexibility index (Phi) is 23.3. The number of hydrogen-bond donors (Lipinski definition) is 0. The van der Waals surface area contributed by atoms with Gasteiger partial charge >= 0.3 is 0 Å². The summed E-state index contributed by atoms with van der Waals surface area (Å²) >= 11 is 0. The zero-order valence-electron chi connectivity index (χ0n) is 23.6. The molecule has 0 bridgehead atoms. The highest BCUT2D eigenvalue weighted by atomic mass is 14.2. The predicted molar refractivity (Wildman–Crippen MR) is 155 cm³/mol. The smallest absolute Gasteiger partial charge is 0.0184 e. The molecule has 1 unspecified atom stereocenters. The summed E-state index contributed by atoms with van der Waals surface area (Å²) < 4.78 is 0. The summed E-state index contributed by atoms with van der Waals surface area (Å²) in [6.45, 7) is 4.61. The van der Waals surface area contributed by atoms with Crippen molar-refractivity contribution in [3.05, 3.63) is 35.9 Å². The normalized spacial score (nSPS) is 12.3. The highest BCUT2D eigenvalue weighted by Gasteiger charge is 2.10. The molecule has 0 amide bonds. The van der Waals surface area contributed by atoms with Gasteiger partial charge in [0.15, 0.2) is 0 Å². The maximum atomic E-state index is 3.19. The summed E-state index contributed by atoms with van der Waals surface area (Å²) in [5, 5.41) is 0. The van der Waals surface area contributed by atoms with E-state index in [1.54, 1.807) is 0 Å². The van der Waals surface area contributed by atoms with Crippen LogP contribution in [0.15, 0.2) is 24.3 Å². The number of hydrogen-bond acceptors (Lipinski definition) is 0. The minimum Gasteiger partial charge on any atom is -0.0654 e. The molecule has 1 radical (unpaired) electrons. The Labute approximate surface area is 216 Å². The van der Waals surface area contributed by atoms with E-state index >= 15 is 0 Å². The molecule has 0 aliphatic carbocycles. The summed E-state index contributed by atoms with van der Waals surface area (Å²) in [6, 6.07) is 11.9. The highest BCUT2D eigenvalue weighted by molar-refractivity contribution is 5.14. The van der Waals surface area contributed by atoms with Crippen LogP contribution in [0.25, 0.3) is 0 Å². The monoisotopic (exact) mass is 469 g/mol. The summed E-state index contributed by atoms with van der Waals surface area (Å²) in [5.74, 6) is 0.888. The minimum absolute atomic E-state index is 0.888. The fourth-order valence-electron chi connectivity index (χ4n) is 5.43. The fourth-order valence-corrected chi connectivity index (χ4v) is 5.43. The first-order chi connectivity index (χ1) is 16.9. The molecule has 0 N–H and O–H groups in total. The SMILES string of the molecule is CCCCCCCCCCCCCCC(CCCCCCCCCCCC)Cc1cc[c]cc1. The van der Waals surface area contributed by atoms with Crippen LogP contribution in [0.1, 0.15) is 174 Å². The van der Waals surface area contributed by atoms with Gasteiger partial charge in [-0.3, -0.25) is 0 Å². The van der Waals surface area contributed by atoms with Crippen LogP contribution in [-0.2, 0) is 6.42 Å². The maximum Gasteiger partial charge on any atom is -0.0184 e. The lowest BCUT2D eigenvalue weighted by atomic mass is 9.88. The lowest BCUT2D eigenvalue weighted by Gasteiger charge is -2.17. The van der Waals surface area contributed by atoms with Gasteiger partial charge in [0.2, 0.25) is 0 Å². The van der Waals surface area contributed by atoms with Crippen LogP contribution >= 0.6 is 0 Å². The van der Waals surface area contributed by atoms with E-state index in [1.165, 1.54) is 166 Å². The molecular weight excluding hydrogens is 408 g/mol. The average molecular weight is 470 g/mol. The second-order valence-corrected chi connectivity index (χ2v) is 11.1. The molecule has 0 fully saturated rings. The highest BCUT2D eigenvalue weighted by Crippen LogP contribution is 2.23. The van der Waals surface area contributed by atoms with Gasteiger partial charge in [-0.05, 0) is 24.0 Å². The molecule has 1 rings (SSSR count). The minimum atomic E-state index is 0.888. The second-order valence-electron chi connectivity index (χ2n) is 11.1. The van der Waals surface area contributed by atoms with E-state index in [1.807, 2.05) is 0 Å². The van der Waals surface area contributed by atoms with Crippen LogP contribution in [-0.4, -0.2) is 0 Å². The molecular formula is C34H61. The van der Waals surface area contributed by atoms with Crippen LogP contribution in [0.2, 0.25) is 0 Å². The predicted octanol–water partition coefficient (Wildman–Crippen LogP) is 12.0. The Hall–Kier alpha value is -0.780. The Morgan fingerprint density at radius 2 is 0.794 bits per heavy atom. The van der Waals surface area contributed by atoms with Crippen molar-refractivity contribution in [2.75, 3.05) is 0 Å². The van der Waals surface area contributed by atoms with E-state index in [-0.39, 0.29) is 0 Å². The maximum absolute atomic E-state index is 3.19. The molecule has 1 atom stereocenters. The van der Waals surface area contributed by atoms with Gasteiger partial charge in [-0.15, -0.1) is 0 Å². The third-order valence-electron chi connectivity index (χ3n) is 7.74. The van der Waals surface area contributed by atoms with E-state index in [4.69, 9.17) is 0 Å². The molecule has 197 valence electrons. The first-order valence-electron chi connectivity index (χ1n) is 15.8. The quantitative estimate of drug-likeness (QED) is 0.118. The van der Waals surface area contributed by atoms with E-state index < -0.39 is 0 Å². The van der Waals surface area contributed by atoms with Crippen molar-refractivity contribution < 1.29 is 0 Å². The first-order valence-corrected chi connectivity index (χ1v) is 15.8. The molecule has 1 aromatic carbocycles. The molecule has 34 heavy (non-hydrogen) atoms. The van der Waals surface area contributed by atoms with Gasteiger partial charge in [-0.1, -0.05) is 192 Å². The van der Waals surface area contributed by atoms with Gasteiger partial charge in [0.05, 0.1) is 0 Å². The van der Waals surface area contributed by atoms with Gasteiger partial charge in [-0.25, -0.2) is 0 Å². The lowest BCUT2D eigenvalue weighted by Crippen LogP contribution is -2.05. The van der Waals surface area contributed by atoms with Crippen molar-refractivity contribution in [3.63, 3.8) is 0 Å². The van der Waals surface area contributed by atoms with Gasteiger partial charge in [-0.2, -0.15) is 0 Å². The van der Waals surface area contributed by atoms with Crippen molar-refractivity contribution in [2.45, 2.75) is 174 Å². The van der Waals surface area contributed by atoms with Gasteiger partial charge < -0.3 is 0 Å². The molecule has 0 heterocycles. The van der Waals surface area contributed by atoms with Gasteiger partial charge in [0.25, 0.3) is 0 Å². The topological polar surface area (TPSA) is 0 Å². The molecule has 0 aliphatic heterocycles. The lowest BCUT2D eigenvalue weighted by molar-refractivity contribution is 0.399. The van der Waals surface area contributed by atoms with Crippen molar-refractivity contribution in [3.8, 4) is 0 Å². The van der Waals surface area contributed by atoms with Crippen LogP contribution < -0.4 is 0 Å². The summed E-state index contributed by atoms with van der Waals surface area (Å²) in [6.07, 6.45) is 36.0. The zero-order chi connectivity index (χ0) is 24.4. The molecule has 0 nitrogen and oxygen atoms in total. The molecule has 0 aliphatic rings. The van der Waals surface area contributed by atoms with E-state index in [9.17, 15) is 0 Å². The second kappa shape index (κ2) is 25.3. The number of rotatable bonds is 26. The number of benzene rings is 1. The summed E-state index contributed by atoms with van der Waals surface area (Å²) in [7, 11) is 0.